The van der Waals surface area contributed by atoms with Gasteiger partial charge < -0.3 is 10.1 Å². The van der Waals surface area contributed by atoms with Crippen molar-refractivity contribution in [2.75, 3.05) is 19.4 Å². The summed E-state index contributed by atoms with van der Waals surface area (Å²) < 4.78 is 6.77. The Morgan fingerprint density at radius 2 is 2.22 bits per heavy atom. The Morgan fingerprint density at radius 3 is 2.89 bits per heavy atom. The topological polar surface area (TPSA) is 73.2 Å². The van der Waals surface area contributed by atoms with Gasteiger partial charge in [-0.1, -0.05) is 24.8 Å². The van der Waals surface area contributed by atoms with Gasteiger partial charge in [-0.3, -0.25) is 14.2 Å². The number of amides is 1. The number of ether oxygens (including phenoxy) is 1. The van der Waals surface area contributed by atoms with Gasteiger partial charge in [0.05, 0.1) is 29.1 Å². The zero-order chi connectivity index (χ0) is 19.4. The highest BCUT2D eigenvalue weighted by Gasteiger charge is 2.27. The van der Waals surface area contributed by atoms with E-state index in [0.29, 0.717) is 33.3 Å². The molecule has 8 heteroatoms. The normalized spacial score (nSPS) is 15.3. The van der Waals surface area contributed by atoms with Crippen LogP contribution in [0, 0.1) is 0 Å². The van der Waals surface area contributed by atoms with Crippen LogP contribution in [0.2, 0.25) is 0 Å². The van der Waals surface area contributed by atoms with E-state index in [2.05, 4.69) is 18.8 Å². The van der Waals surface area contributed by atoms with Gasteiger partial charge in [-0.25, -0.2) is 4.98 Å². The van der Waals surface area contributed by atoms with Crippen molar-refractivity contribution in [1.82, 2.24) is 14.9 Å². The summed E-state index contributed by atoms with van der Waals surface area (Å²) in [5, 5.41) is 3.58. The molecular formula is C19H21N3O3S2. The largest absolute Gasteiger partial charge is 0.497 e. The monoisotopic (exact) mass is 403 g/mol. The van der Waals surface area contributed by atoms with Crippen LogP contribution < -0.4 is 15.6 Å². The lowest BCUT2D eigenvalue weighted by molar-refractivity contribution is -0.118. The molecule has 0 fully saturated rings. The lowest BCUT2D eigenvalue weighted by atomic mass is 10.2. The third-order valence-electron chi connectivity index (χ3n) is 3.99. The maximum atomic E-state index is 13.1. The SMILES string of the molecule is C=CCNC(=O)CSc1nc2c(c(=O)n1-c1ccc(OC)cc1)SC(C)C2. The zero-order valence-corrected chi connectivity index (χ0v) is 16.9. The number of hydrogen-bond acceptors (Lipinski definition) is 6. The van der Waals surface area contributed by atoms with Crippen LogP contribution in [0.25, 0.3) is 5.69 Å². The molecule has 0 aliphatic carbocycles. The first kappa shape index (κ1) is 19.6. The van der Waals surface area contributed by atoms with Crippen LogP contribution in [-0.2, 0) is 11.2 Å². The predicted molar refractivity (Wildman–Crippen MR) is 109 cm³/mol. The molecule has 6 nitrogen and oxygen atoms in total. The Labute approximate surface area is 166 Å². The van der Waals surface area contributed by atoms with E-state index in [0.717, 1.165) is 12.1 Å². The van der Waals surface area contributed by atoms with Crippen molar-refractivity contribution in [3.05, 3.63) is 53.0 Å². The highest BCUT2D eigenvalue weighted by atomic mass is 32.2. The standard InChI is InChI=1S/C19H21N3O3S2/c1-4-9-20-16(23)11-26-19-21-15-10-12(2)27-17(15)18(24)22(19)13-5-7-14(25-3)8-6-13/h4-8,12H,1,9-11H2,2-3H3,(H,20,23). The summed E-state index contributed by atoms with van der Waals surface area (Å²) in [5.74, 6) is 0.762. The molecule has 142 valence electrons. The van der Waals surface area contributed by atoms with Crippen LogP contribution in [0.3, 0.4) is 0 Å². The van der Waals surface area contributed by atoms with Gasteiger partial charge in [0.15, 0.2) is 5.16 Å². The molecule has 1 unspecified atom stereocenters. The molecule has 1 amide bonds. The molecule has 1 atom stereocenters. The number of benzene rings is 1. The number of carbonyl (C=O) groups is 1. The molecule has 0 spiro atoms. The molecule has 0 saturated carbocycles. The lowest BCUT2D eigenvalue weighted by Gasteiger charge is -2.14. The molecule has 2 heterocycles. The van der Waals surface area contributed by atoms with Gasteiger partial charge in [-0.15, -0.1) is 18.3 Å². The molecule has 1 aliphatic heterocycles. The Kier molecular flexibility index (Phi) is 6.28. The number of rotatable bonds is 7. The molecule has 3 rings (SSSR count). The van der Waals surface area contributed by atoms with Crippen molar-refractivity contribution in [3.63, 3.8) is 0 Å². The van der Waals surface area contributed by atoms with Gasteiger partial charge in [-0.05, 0) is 24.3 Å². The van der Waals surface area contributed by atoms with E-state index in [1.165, 1.54) is 11.8 Å². The molecule has 2 aromatic rings. The fraction of sp³-hybridized carbons (Fsp3) is 0.316. The first-order valence-electron chi connectivity index (χ1n) is 8.51. The Balaban J connectivity index is 1.98. The van der Waals surface area contributed by atoms with Crippen molar-refractivity contribution >= 4 is 29.4 Å². The summed E-state index contributed by atoms with van der Waals surface area (Å²) >= 11 is 2.81. The average Bonchev–Trinajstić information content (AvgIpc) is 3.05. The number of carbonyl (C=O) groups excluding carboxylic acids is 1. The first-order valence-corrected chi connectivity index (χ1v) is 10.4. The summed E-state index contributed by atoms with van der Waals surface area (Å²) in [6, 6.07) is 7.24. The van der Waals surface area contributed by atoms with Gasteiger partial charge in [-0.2, -0.15) is 0 Å². The number of hydrogen-bond donors (Lipinski definition) is 1. The second-order valence-corrected chi connectivity index (χ2v) is 8.41. The number of aromatic nitrogens is 2. The second kappa shape index (κ2) is 8.67. The molecular weight excluding hydrogens is 382 g/mol. The van der Waals surface area contributed by atoms with Crippen LogP contribution in [-0.4, -0.2) is 40.1 Å². The quantitative estimate of drug-likeness (QED) is 0.435. The highest BCUT2D eigenvalue weighted by molar-refractivity contribution is 8.00. The van der Waals surface area contributed by atoms with Crippen LogP contribution >= 0.6 is 23.5 Å². The van der Waals surface area contributed by atoms with Crippen LogP contribution in [0.5, 0.6) is 5.75 Å². The van der Waals surface area contributed by atoms with E-state index in [1.54, 1.807) is 41.6 Å². The zero-order valence-electron chi connectivity index (χ0n) is 15.2. The molecule has 0 saturated heterocycles. The summed E-state index contributed by atoms with van der Waals surface area (Å²) in [6.45, 7) is 6.08. The van der Waals surface area contributed by atoms with E-state index >= 15 is 0 Å². The average molecular weight is 404 g/mol. The van der Waals surface area contributed by atoms with Crippen molar-refractivity contribution in [2.45, 2.75) is 28.6 Å². The number of methoxy groups -OCH3 is 1. The van der Waals surface area contributed by atoms with Crippen LogP contribution in [0.1, 0.15) is 12.6 Å². The fourth-order valence-electron chi connectivity index (χ4n) is 2.72. The van der Waals surface area contributed by atoms with Crippen molar-refractivity contribution in [3.8, 4) is 11.4 Å². The molecule has 27 heavy (non-hydrogen) atoms. The second-order valence-electron chi connectivity index (χ2n) is 6.02. The van der Waals surface area contributed by atoms with E-state index in [9.17, 15) is 9.59 Å². The third kappa shape index (κ3) is 4.39. The summed E-state index contributed by atoms with van der Waals surface area (Å²) in [7, 11) is 1.60. The van der Waals surface area contributed by atoms with Crippen LogP contribution in [0.4, 0.5) is 0 Å². The van der Waals surface area contributed by atoms with E-state index in [-0.39, 0.29) is 17.2 Å². The maximum Gasteiger partial charge on any atom is 0.272 e. The van der Waals surface area contributed by atoms with E-state index in [1.807, 2.05) is 12.1 Å². The van der Waals surface area contributed by atoms with Crippen molar-refractivity contribution in [1.29, 1.82) is 0 Å². The maximum absolute atomic E-state index is 13.1. The summed E-state index contributed by atoms with van der Waals surface area (Å²) in [5.41, 5.74) is 1.43. The highest BCUT2D eigenvalue weighted by Crippen LogP contribution is 2.35. The molecule has 0 radical (unpaired) electrons. The van der Waals surface area contributed by atoms with Crippen LogP contribution in [0.15, 0.2) is 51.8 Å². The molecule has 0 bridgehead atoms. The van der Waals surface area contributed by atoms with E-state index < -0.39 is 0 Å². The third-order valence-corrected chi connectivity index (χ3v) is 6.14. The van der Waals surface area contributed by atoms with E-state index in [4.69, 9.17) is 9.72 Å². The number of fused-ring (bicyclic) bond motifs is 1. The van der Waals surface area contributed by atoms with Crippen molar-refractivity contribution in [2.24, 2.45) is 0 Å². The van der Waals surface area contributed by atoms with Gasteiger partial charge in [0.2, 0.25) is 5.91 Å². The fourth-order valence-corrected chi connectivity index (χ4v) is 4.68. The smallest absolute Gasteiger partial charge is 0.272 e. The molecule has 1 N–H and O–H groups in total. The number of thioether (sulfide) groups is 2. The minimum Gasteiger partial charge on any atom is -0.497 e. The van der Waals surface area contributed by atoms with Crippen molar-refractivity contribution < 1.29 is 9.53 Å². The predicted octanol–water partition coefficient (Wildman–Crippen LogP) is 2.67. The number of nitrogens with zero attached hydrogens (tertiary/aromatic N) is 2. The minimum atomic E-state index is -0.126. The number of nitrogens with one attached hydrogen (secondary N) is 1. The Hall–Kier alpha value is -2.19. The van der Waals surface area contributed by atoms with Gasteiger partial charge in [0.1, 0.15) is 5.75 Å². The van der Waals surface area contributed by atoms with Gasteiger partial charge >= 0.3 is 0 Å². The molecule has 1 aromatic carbocycles. The molecule has 1 aliphatic rings. The first-order chi connectivity index (χ1) is 13.0. The minimum absolute atomic E-state index is 0.0893. The summed E-state index contributed by atoms with van der Waals surface area (Å²) in [4.78, 5) is 30.5. The molecule has 1 aromatic heterocycles. The van der Waals surface area contributed by atoms with Gasteiger partial charge in [0, 0.05) is 18.2 Å². The lowest BCUT2D eigenvalue weighted by Crippen LogP contribution is -2.27. The Bertz CT molecular complexity index is 910. The van der Waals surface area contributed by atoms with Gasteiger partial charge in [0.25, 0.3) is 5.56 Å². The summed E-state index contributed by atoms with van der Waals surface area (Å²) in [6.07, 6.45) is 2.39. The Morgan fingerprint density at radius 1 is 1.48 bits per heavy atom.